The summed E-state index contributed by atoms with van der Waals surface area (Å²) >= 11 is 0. The topological polar surface area (TPSA) is 61.6 Å². The van der Waals surface area contributed by atoms with Crippen molar-refractivity contribution in [3.8, 4) is 0 Å². The van der Waals surface area contributed by atoms with Crippen LogP contribution in [0.1, 0.15) is 37.0 Å². The Balaban J connectivity index is 0.00000256. The van der Waals surface area contributed by atoms with Gasteiger partial charge in [0.1, 0.15) is 5.76 Å². The molecule has 4 heterocycles. The molecule has 164 valence electrons. The SMILES string of the molecule is CN(Cc1ccco1)C(=O)CCC[C@H]1NCC2CC1CN(Cc1cccnc1)C2.Cl. The molecule has 7 heteroatoms. The Labute approximate surface area is 185 Å². The molecule has 2 unspecified atom stereocenters. The zero-order valence-electron chi connectivity index (χ0n) is 17.7. The smallest absolute Gasteiger partial charge is 0.222 e. The number of amides is 1. The number of halogens is 1. The van der Waals surface area contributed by atoms with Gasteiger partial charge in [0.2, 0.25) is 5.91 Å². The Morgan fingerprint density at radius 3 is 3.00 bits per heavy atom. The highest BCUT2D eigenvalue weighted by molar-refractivity contribution is 5.85. The Morgan fingerprint density at radius 1 is 1.33 bits per heavy atom. The van der Waals surface area contributed by atoms with Crippen molar-refractivity contribution in [3.05, 3.63) is 54.2 Å². The van der Waals surface area contributed by atoms with Crippen molar-refractivity contribution in [1.29, 1.82) is 0 Å². The molecule has 1 amide bonds. The number of rotatable bonds is 8. The van der Waals surface area contributed by atoms with Gasteiger partial charge in [0.15, 0.2) is 0 Å². The van der Waals surface area contributed by atoms with E-state index in [0.717, 1.165) is 44.2 Å². The van der Waals surface area contributed by atoms with Crippen molar-refractivity contribution in [2.45, 2.75) is 44.8 Å². The van der Waals surface area contributed by atoms with Crippen LogP contribution in [-0.4, -0.2) is 53.4 Å². The molecule has 0 spiro atoms. The number of nitrogens with zero attached hydrogens (tertiary/aromatic N) is 3. The van der Waals surface area contributed by atoms with Gasteiger partial charge in [-0.15, -0.1) is 12.4 Å². The summed E-state index contributed by atoms with van der Waals surface area (Å²) in [5.74, 6) is 2.44. The van der Waals surface area contributed by atoms with E-state index >= 15 is 0 Å². The molecule has 2 aliphatic heterocycles. The molecule has 2 bridgehead atoms. The number of piperidine rings is 2. The molecule has 2 aromatic rings. The fourth-order valence-corrected chi connectivity index (χ4v) is 4.88. The normalized spacial score (nSPS) is 23.6. The number of hydrogen-bond donors (Lipinski definition) is 1. The molecule has 2 aliphatic rings. The molecule has 2 fully saturated rings. The predicted octanol–water partition coefficient (Wildman–Crippen LogP) is 3.34. The van der Waals surface area contributed by atoms with E-state index in [1.165, 1.54) is 18.5 Å². The molecular weight excluding hydrogens is 400 g/mol. The molecule has 30 heavy (non-hydrogen) atoms. The van der Waals surface area contributed by atoms with Crippen LogP contribution in [0.3, 0.4) is 0 Å². The average Bonchev–Trinajstić information content (AvgIpc) is 3.23. The Hall–Kier alpha value is -1.89. The predicted molar refractivity (Wildman–Crippen MR) is 119 cm³/mol. The lowest BCUT2D eigenvalue weighted by atomic mass is 9.79. The van der Waals surface area contributed by atoms with Crippen molar-refractivity contribution >= 4 is 18.3 Å². The van der Waals surface area contributed by atoms with Crippen LogP contribution in [-0.2, 0) is 17.9 Å². The first kappa shape index (κ1) is 22.8. The van der Waals surface area contributed by atoms with Crippen LogP contribution in [0.5, 0.6) is 0 Å². The highest BCUT2D eigenvalue weighted by atomic mass is 35.5. The Bertz CT molecular complexity index is 771. The fraction of sp³-hybridized carbons (Fsp3) is 0.565. The number of nitrogens with one attached hydrogen (secondary N) is 1. The molecule has 1 N–H and O–H groups in total. The lowest BCUT2D eigenvalue weighted by Gasteiger charge is -2.46. The lowest BCUT2D eigenvalue weighted by Crippen LogP contribution is -2.55. The summed E-state index contributed by atoms with van der Waals surface area (Å²) in [6.45, 7) is 4.93. The van der Waals surface area contributed by atoms with Crippen molar-refractivity contribution in [1.82, 2.24) is 20.1 Å². The van der Waals surface area contributed by atoms with E-state index in [0.29, 0.717) is 24.9 Å². The van der Waals surface area contributed by atoms with Gasteiger partial charge >= 0.3 is 0 Å². The maximum atomic E-state index is 12.4. The van der Waals surface area contributed by atoms with Gasteiger partial charge < -0.3 is 14.6 Å². The second-order valence-electron chi connectivity index (χ2n) is 8.65. The zero-order chi connectivity index (χ0) is 20.1. The molecule has 3 atom stereocenters. The molecular formula is C23H33ClN4O2. The number of likely N-dealkylation sites (tertiary alicyclic amines) is 1. The third-order valence-electron chi connectivity index (χ3n) is 6.32. The maximum Gasteiger partial charge on any atom is 0.222 e. The lowest BCUT2D eigenvalue weighted by molar-refractivity contribution is -0.130. The summed E-state index contributed by atoms with van der Waals surface area (Å²) in [6, 6.07) is 8.47. The fourth-order valence-electron chi connectivity index (χ4n) is 4.88. The van der Waals surface area contributed by atoms with Gasteiger partial charge in [0.25, 0.3) is 0 Å². The highest BCUT2D eigenvalue weighted by Crippen LogP contribution is 2.31. The summed E-state index contributed by atoms with van der Waals surface area (Å²) in [7, 11) is 1.85. The molecule has 0 aliphatic carbocycles. The Morgan fingerprint density at radius 2 is 2.23 bits per heavy atom. The van der Waals surface area contributed by atoms with Crippen LogP contribution in [0, 0.1) is 11.8 Å². The van der Waals surface area contributed by atoms with Crippen molar-refractivity contribution in [2.24, 2.45) is 11.8 Å². The molecule has 0 aromatic carbocycles. The number of pyridine rings is 1. The van der Waals surface area contributed by atoms with Gasteiger partial charge in [0, 0.05) is 51.5 Å². The van der Waals surface area contributed by atoms with Crippen LogP contribution in [0.4, 0.5) is 0 Å². The van der Waals surface area contributed by atoms with Crippen molar-refractivity contribution < 1.29 is 9.21 Å². The quantitative estimate of drug-likeness (QED) is 0.693. The van der Waals surface area contributed by atoms with Crippen LogP contribution in [0.15, 0.2) is 47.3 Å². The monoisotopic (exact) mass is 432 g/mol. The minimum Gasteiger partial charge on any atom is -0.467 e. The third kappa shape index (κ3) is 6.06. The van der Waals surface area contributed by atoms with Gasteiger partial charge in [-0.25, -0.2) is 0 Å². The molecule has 0 radical (unpaired) electrons. The van der Waals surface area contributed by atoms with Gasteiger partial charge in [-0.2, -0.15) is 0 Å². The largest absolute Gasteiger partial charge is 0.467 e. The molecule has 0 saturated carbocycles. The van der Waals surface area contributed by atoms with E-state index in [1.807, 2.05) is 37.6 Å². The van der Waals surface area contributed by atoms with Gasteiger partial charge in [-0.1, -0.05) is 6.07 Å². The number of fused-ring (bicyclic) bond motifs is 2. The first-order valence-corrected chi connectivity index (χ1v) is 10.8. The summed E-state index contributed by atoms with van der Waals surface area (Å²) < 4.78 is 5.34. The van der Waals surface area contributed by atoms with E-state index in [9.17, 15) is 4.79 Å². The van der Waals surface area contributed by atoms with Gasteiger partial charge in [0.05, 0.1) is 12.8 Å². The number of carbonyl (C=O) groups excluding carboxylic acids is 1. The first-order valence-electron chi connectivity index (χ1n) is 10.8. The first-order chi connectivity index (χ1) is 14.2. The van der Waals surface area contributed by atoms with Crippen LogP contribution in [0.2, 0.25) is 0 Å². The zero-order valence-corrected chi connectivity index (χ0v) is 18.5. The average molecular weight is 433 g/mol. The molecule has 2 saturated heterocycles. The van der Waals surface area contributed by atoms with Crippen molar-refractivity contribution in [2.75, 3.05) is 26.7 Å². The van der Waals surface area contributed by atoms with E-state index in [1.54, 1.807) is 11.2 Å². The third-order valence-corrected chi connectivity index (χ3v) is 6.32. The highest BCUT2D eigenvalue weighted by Gasteiger charge is 2.36. The maximum absolute atomic E-state index is 12.4. The second-order valence-corrected chi connectivity index (χ2v) is 8.65. The minimum absolute atomic E-state index is 0. The van der Waals surface area contributed by atoms with E-state index in [4.69, 9.17) is 4.42 Å². The van der Waals surface area contributed by atoms with Gasteiger partial charge in [-0.05, 0) is 61.4 Å². The number of hydrogen-bond acceptors (Lipinski definition) is 5. The summed E-state index contributed by atoms with van der Waals surface area (Å²) in [5.41, 5.74) is 1.29. The van der Waals surface area contributed by atoms with Crippen LogP contribution < -0.4 is 5.32 Å². The van der Waals surface area contributed by atoms with E-state index in [2.05, 4.69) is 21.3 Å². The number of aromatic nitrogens is 1. The van der Waals surface area contributed by atoms with E-state index in [-0.39, 0.29) is 18.3 Å². The summed E-state index contributed by atoms with van der Waals surface area (Å²) in [5, 5.41) is 3.77. The number of furan rings is 1. The number of carbonyl (C=O) groups is 1. The minimum atomic E-state index is 0. The van der Waals surface area contributed by atoms with Crippen LogP contribution >= 0.6 is 12.4 Å². The van der Waals surface area contributed by atoms with Gasteiger partial charge in [-0.3, -0.25) is 14.7 Å². The second kappa shape index (κ2) is 10.9. The van der Waals surface area contributed by atoms with E-state index < -0.39 is 0 Å². The summed E-state index contributed by atoms with van der Waals surface area (Å²) in [6.07, 6.45) is 9.38. The molecule has 4 rings (SSSR count). The standard InChI is InChI=1S/C23H32N4O2.ClH/c1-26(17-21-6-4-10-29-21)23(28)8-2-7-22-20-11-19(13-25-22)15-27(16-20)14-18-5-3-9-24-12-18;/h3-6,9-10,12,19-20,22,25H,2,7-8,11,13-17H2,1H3;1H/t19?,20?,22-;/m1./s1. The van der Waals surface area contributed by atoms with Crippen LogP contribution in [0.25, 0.3) is 0 Å². The van der Waals surface area contributed by atoms with Crippen molar-refractivity contribution in [3.63, 3.8) is 0 Å². The summed E-state index contributed by atoms with van der Waals surface area (Å²) in [4.78, 5) is 21.0. The molecule has 6 nitrogen and oxygen atoms in total. The molecule has 2 aromatic heterocycles. The Kier molecular flexibility index (Phi) is 8.31.